The summed E-state index contributed by atoms with van der Waals surface area (Å²) in [5.74, 6) is -0.724. The third kappa shape index (κ3) is 6.89. The largest absolute Gasteiger partial charge is 0.497 e. The maximum Gasteiger partial charge on any atom is 0.469 e. The van der Waals surface area contributed by atoms with Crippen molar-refractivity contribution in [1.29, 1.82) is 5.26 Å². The fourth-order valence-corrected chi connectivity index (χ4v) is 8.49. The molecule has 0 bridgehead atoms. The Bertz CT molecular complexity index is 2230. The van der Waals surface area contributed by atoms with Crippen LogP contribution in [0.2, 0.25) is 5.02 Å². The van der Waals surface area contributed by atoms with Crippen molar-refractivity contribution in [1.82, 2.24) is 9.55 Å². The van der Waals surface area contributed by atoms with Gasteiger partial charge in [-0.3, -0.25) is 18.9 Å². The Morgan fingerprint density at radius 1 is 0.962 bits per heavy atom. The normalized spacial score (nSPS) is 20.8. The molecule has 5 aromatic rings. The average molecular weight is 758 g/mol. The van der Waals surface area contributed by atoms with Gasteiger partial charge in [-0.2, -0.15) is 5.26 Å². The lowest BCUT2D eigenvalue weighted by molar-refractivity contribution is -0.136. The average Bonchev–Trinajstić information content (AvgIpc) is 3.46. The molecule has 274 valence electrons. The fraction of sp³-hybridized carbons (Fsp3) is 0.256. The molecule has 0 saturated carbocycles. The van der Waals surface area contributed by atoms with Gasteiger partial charge in [0.2, 0.25) is 0 Å². The van der Waals surface area contributed by atoms with Crippen molar-refractivity contribution in [2.45, 2.75) is 49.2 Å². The van der Waals surface area contributed by atoms with Crippen molar-refractivity contribution in [2.75, 3.05) is 7.11 Å². The number of methoxy groups -OCH3 is 1. The van der Waals surface area contributed by atoms with Gasteiger partial charge >= 0.3 is 13.5 Å². The Morgan fingerprint density at radius 2 is 1.53 bits per heavy atom. The Hall–Kier alpha value is -4.83. The quantitative estimate of drug-likeness (QED) is 0.0950. The number of H-pyrrole nitrogens is 1. The van der Waals surface area contributed by atoms with E-state index in [4.69, 9.17) is 25.6 Å². The first kappa shape index (κ1) is 37.9. The highest BCUT2D eigenvalue weighted by Gasteiger charge is 2.64. The number of nitriles is 1. The number of aromatic amines is 1. The van der Waals surface area contributed by atoms with E-state index in [0.717, 1.165) is 4.57 Å². The Labute approximate surface area is 310 Å². The molecule has 12 nitrogen and oxygen atoms in total. The number of halogens is 1. The lowest BCUT2D eigenvalue weighted by Gasteiger charge is -2.43. The predicted molar refractivity (Wildman–Crippen MR) is 196 cm³/mol. The van der Waals surface area contributed by atoms with Crippen LogP contribution in [-0.2, 0) is 25.0 Å². The van der Waals surface area contributed by atoms with Crippen LogP contribution < -0.4 is 16.0 Å². The number of nitrogens with one attached hydrogen (secondary N) is 1. The van der Waals surface area contributed by atoms with E-state index in [1.807, 2.05) is 36.4 Å². The van der Waals surface area contributed by atoms with Crippen molar-refractivity contribution in [2.24, 2.45) is 5.92 Å². The molecule has 4 N–H and O–H groups in total. The number of aromatic nitrogens is 2. The number of benzene rings is 4. The molecule has 5 atom stereocenters. The molecule has 53 heavy (non-hydrogen) atoms. The number of phosphoric acid groups is 1. The minimum atomic E-state index is -5.39. The number of ether oxygens (including phenoxy) is 2. The van der Waals surface area contributed by atoms with Crippen LogP contribution in [0.1, 0.15) is 40.7 Å². The molecule has 1 aromatic heterocycles. The standard InChI is InChI=1S/C39H37ClN3O9P/c1-25-24-43(37(46)42-36(25)45)39(30-16-9-10-18-32(30)40)31(17-11-23-41)33(52-53(47,48)49)34(51-39)35(44)38(26-12-5-3-6-13-26,27-14-7-4-8-15-27)28-19-21-29(50-2)22-20-28/h3-10,12-16,18-22,24,31,33-35,44H,11,17H2,1-2H3,(H,42,45,46)(H2,47,48,49)/t31?,33-,34-,35?,39+/m0/s1. The number of aliphatic hydroxyl groups is 1. The monoisotopic (exact) mass is 757 g/mol. The molecule has 1 aliphatic heterocycles. The van der Waals surface area contributed by atoms with Crippen LogP contribution in [-0.4, -0.2) is 49.9 Å². The SMILES string of the molecule is COc1ccc(C(c2ccccc2)(c2ccccc2)C(O)[C@H]2O[C@@](c3ccccc3Cl)(n3cc(C)c(=O)[nH]c3=O)C(CCC#N)[C@@H]2OP(=O)(O)O)cc1. The summed E-state index contributed by atoms with van der Waals surface area (Å²) in [6.07, 6.45) is -4.12. The van der Waals surface area contributed by atoms with E-state index in [0.29, 0.717) is 22.4 Å². The summed E-state index contributed by atoms with van der Waals surface area (Å²) < 4.78 is 32.1. The first-order chi connectivity index (χ1) is 25.4. The number of aryl methyl sites for hydroxylation is 1. The first-order valence-corrected chi connectivity index (χ1v) is 18.6. The molecular weight excluding hydrogens is 721 g/mol. The molecular formula is C39H37ClN3O9P. The highest BCUT2D eigenvalue weighted by Crippen LogP contribution is 2.57. The molecule has 1 aliphatic rings. The van der Waals surface area contributed by atoms with Gasteiger partial charge in [-0.25, -0.2) is 9.36 Å². The Balaban J connectivity index is 1.73. The minimum absolute atomic E-state index is 0.0998. The molecule has 0 aliphatic carbocycles. The van der Waals surface area contributed by atoms with Crippen LogP contribution in [0.5, 0.6) is 5.75 Å². The number of rotatable bonds is 12. The van der Waals surface area contributed by atoms with E-state index in [9.17, 15) is 34.3 Å². The first-order valence-electron chi connectivity index (χ1n) is 16.7. The lowest BCUT2D eigenvalue weighted by Crippen LogP contribution is -2.52. The van der Waals surface area contributed by atoms with Gasteiger partial charge in [-0.1, -0.05) is 103 Å². The highest BCUT2D eigenvalue weighted by atomic mass is 35.5. The van der Waals surface area contributed by atoms with Gasteiger partial charge in [0.25, 0.3) is 5.56 Å². The van der Waals surface area contributed by atoms with E-state index < -0.39 is 54.4 Å². The second-order valence-electron chi connectivity index (χ2n) is 12.8. The number of nitrogens with zero attached hydrogens (tertiary/aromatic N) is 2. The Morgan fingerprint density at radius 3 is 2.08 bits per heavy atom. The van der Waals surface area contributed by atoms with Crippen molar-refractivity contribution < 1.29 is 33.5 Å². The zero-order chi connectivity index (χ0) is 38.0. The molecule has 14 heteroatoms. The van der Waals surface area contributed by atoms with Gasteiger partial charge in [0, 0.05) is 34.7 Å². The smallest absolute Gasteiger partial charge is 0.469 e. The van der Waals surface area contributed by atoms with E-state index in [1.165, 1.54) is 20.2 Å². The predicted octanol–water partition coefficient (Wildman–Crippen LogP) is 5.40. The molecule has 0 spiro atoms. The van der Waals surface area contributed by atoms with Crippen LogP contribution in [0.4, 0.5) is 0 Å². The van der Waals surface area contributed by atoms with Crippen LogP contribution >= 0.6 is 19.4 Å². The van der Waals surface area contributed by atoms with E-state index in [2.05, 4.69) is 11.1 Å². The minimum Gasteiger partial charge on any atom is -0.497 e. The van der Waals surface area contributed by atoms with Crippen LogP contribution in [0.15, 0.2) is 125 Å². The van der Waals surface area contributed by atoms with Crippen LogP contribution in [0.3, 0.4) is 0 Å². The maximum atomic E-state index is 13.9. The zero-order valence-electron chi connectivity index (χ0n) is 28.7. The topological polar surface area (TPSA) is 184 Å². The van der Waals surface area contributed by atoms with Gasteiger partial charge < -0.3 is 24.4 Å². The zero-order valence-corrected chi connectivity index (χ0v) is 30.4. The number of aliphatic hydroxyl groups excluding tert-OH is 1. The summed E-state index contributed by atoms with van der Waals surface area (Å²) in [5, 5.41) is 23.2. The van der Waals surface area contributed by atoms with Gasteiger partial charge in [-0.05, 0) is 48.2 Å². The third-order valence-electron chi connectivity index (χ3n) is 9.86. The molecule has 6 rings (SSSR count). The summed E-state index contributed by atoms with van der Waals surface area (Å²) in [4.78, 5) is 49.8. The second kappa shape index (κ2) is 15.3. The molecule has 1 fully saturated rings. The molecule has 1 saturated heterocycles. The van der Waals surface area contributed by atoms with Crippen molar-refractivity contribution >= 4 is 19.4 Å². The van der Waals surface area contributed by atoms with Gasteiger partial charge in [-0.15, -0.1) is 0 Å². The Kier molecular flexibility index (Phi) is 10.9. The van der Waals surface area contributed by atoms with Crippen molar-refractivity contribution in [3.63, 3.8) is 0 Å². The molecule has 4 aromatic carbocycles. The second-order valence-corrected chi connectivity index (χ2v) is 14.4. The summed E-state index contributed by atoms with van der Waals surface area (Å²) in [5.41, 5.74) is -3.21. The summed E-state index contributed by atoms with van der Waals surface area (Å²) in [6.45, 7) is 1.48. The fourth-order valence-electron chi connectivity index (χ4n) is 7.64. The highest BCUT2D eigenvalue weighted by molar-refractivity contribution is 7.46. The molecule has 2 unspecified atom stereocenters. The van der Waals surface area contributed by atoms with Gasteiger partial charge in [0.05, 0.1) is 18.6 Å². The van der Waals surface area contributed by atoms with Gasteiger partial charge in [0.1, 0.15) is 24.1 Å². The van der Waals surface area contributed by atoms with Crippen LogP contribution in [0.25, 0.3) is 0 Å². The summed E-state index contributed by atoms with van der Waals surface area (Å²) in [6, 6.07) is 33.6. The third-order valence-corrected chi connectivity index (χ3v) is 10.7. The number of hydrogen-bond acceptors (Lipinski definition) is 8. The van der Waals surface area contributed by atoms with E-state index in [-0.39, 0.29) is 29.0 Å². The van der Waals surface area contributed by atoms with E-state index >= 15 is 0 Å². The maximum absolute atomic E-state index is 13.9. The van der Waals surface area contributed by atoms with Crippen LogP contribution in [0, 0.1) is 24.2 Å². The molecule has 2 heterocycles. The van der Waals surface area contributed by atoms with E-state index in [1.54, 1.807) is 72.8 Å². The summed E-state index contributed by atoms with van der Waals surface area (Å²) in [7, 11) is -3.86. The van der Waals surface area contributed by atoms with Crippen molar-refractivity contribution in [3.05, 3.63) is 169 Å². The summed E-state index contributed by atoms with van der Waals surface area (Å²) >= 11 is 6.88. The molecule has 0 amide bonds. The lowest BCUT2D eigenvalue weighted by atomic mass is 9.63. The number of phosphoric ester groups is 1. The van der Waals surface area contributed by atoms with Crippen molar-refractivity contribution in [3.8, 4) is 11.8 Å². The number of hydrogen-bond donors (Lipinski definition) is 4. The molecule has 0 radical (unpaired) electrons. The van der Waals surface area contributed by atoms with Gasteiger partial charge in [0.15, 0.2) is 5.72 Å².